The molecule has 1 saturated carbocycles. The second kappa shape index (κ2) is 11.5. The van der Waals surface area contributed by atoms with Gasteiger partial charge >= 0.3 is 0 Å². The van der Waals surface area contributed by atoms with Gasteiger partial charge in [0.2, 0.25) is 5.91 Å². The van der Waals surface area contributed by atoms with Gasteiger partial charge < -0.3 is 21.3 Å². The zero-order valence-corrected chi connectivity index (χ0v) is 21.4. The molecule has 0 unspecified atom stereocenters. The van der Waals surface area contributed by atoms with Crippen molar-refractivity contribution in [3.8, 4) is 0 Å². The van der Waals surface area contributed by atoms with E-state index >= 15 is 0 Å². The van der Waals surface area contributed by atoms with Crippen LogP contribution in [0.1, 0.15) is 63.2 Å². The Kier molecular flexibility index (Phi) is 8.17. The van der Waals surface area contributed by atoms with E-state index < -0.39 is 0 Å². The molecule has 0 radical (unpaired) electrons. The van der Waals surface area contributed by atoms with Gasteiger partial charge in [-0.3, -0.25) is 9.59 Å². The van der Waals surface area contributed by atoms with Crippen molar-refractivity contribution in [2.24, 2.45) is 5.92 Å². The molecule has 2 amide bonds. The van der Waals surface area contributed by atoms with Crippen LogP contribution in [0.15, 0.2) is 36.0 Å². The van der Waals surface area contributed by atoms with Gasteiger partial charge in [-0.05, 0) is 64.2 Å². The van der Waals surface area contributed by atoms with Crippen molar-refractivity contribution >= 4 is 50.6 Å². The predicted octanol–water partition coefficient (Wildman–Crippen LogP) is 5.07. The molecule has 2 aromatic heterocycles. The molecular formula is C26H34N6O2S. The number of amides is 2. The highest BCUT2D eigenvalue weighted by Gasteiger charge is 2.27. The summed E-state index contributed by atoms with van der Waals surface area (Å²) in [7, 11) is 0. The first-order valence-corrected chi connectivity index (χ1v) is 13.3. The van der Waals surface area contributed by atoms with E-state index in [9.17, 15) is 9.59 Å². The highest BCUT2D eigenvalue weighted by molar-refractivity contribution is 7.16. The Morgan fingerprint density at radius 2 is 1.91 bits per heavy atom. The average molecular weight is 495 g/mol. The van der Waals surface area contributed by atoms with Gasteiger partial charge in [0, 0.05) is 42.5 Å². The number of benzene rings is 1. The van der Waals surface area contributed by atoms with Gasteiger partial charge in [-0.2, -0.15) is 0 Å². The van der Waals surface area contributed by atoms with Gasteiger partial charge in [-0.15, -0.1) is 11.3 Å². The lowest BCUT2D eigenvalue weighted by Gasteiger charge is -2.28. The van der Waals surface area contributed by atoms with Gasteiger partial charge in [0.1, 0.15) is 5.82 Å². The second-order valence-electron chi connectivity index (χ2n) is 9.39. The van der Waals surface area contributed by atoms with E-state index in [2.05, 4.69) is 31.2 Å². The molecule has 0 aliphatic heterocycles. The molecule has 1 aliphatic carbocycles. The number of rotatable bonds is 9. The van der Waals surface area contributed by atoms with E-state index in [0.717, 1.165) is 60.2 Å². The van der Waals surface area contributed by atoms with E-state index in [1.807, 2.05) is 50.5 Å². The molecule has 8 nitrogen and oxygen atoms in total. The molecule has 1 aliphatic rings. The van der Waals surface area contributed by atoms with E-state index in [1.54, 1.807) is 17.5 Å². The number of hydrogen-bond acceptors (Lipinski definition) is 7. The molecule has 0 bridgehead atoms. The second-order valence-corrected chi connectivity index (χ2v) is 10.3. The zero-order valence-electron chi connectivity index (χ0n) is 20.6. The molecule has 1 aromatic carbocycles. The summed E-state index contributed by atoms with van der Waals surface area (Å²) in [6.45, 7) is 6.85. The Hall–Kier alpha value is -3.20. The monoisotopic (exact) mass is 494 g/mol. The Morgan fingerprint density at radius 3 is 2.66 bits per heavy atom. The number of carbonyl (C=O) groups excluding carboxylic acids is 2. The number of hydrogen-bond donors (Lipinski definition) is 4. The summed E-state index contributed by atoms with van der Waals surface area (Å²) in [5.74, 6) is 0.704. The van der Waals surface area contributed by atoms with Crippen molar-refractivity contribution in [1.82, 2.24) is 20.6 Å². The first-order chi connectivity index (χ1) is 16.9. The van der Waals surface area contributed by atoms with E-state index in [0.29, 0.717) is 11.4 Å². The summed E-state index contributed by atoms with van der Waals surface area (Å²) in [5.41, 5.74) is 4.98. The number of thiazole rings is 1. The van der Waals surface area contributed by atoms with Gasteiger partial charge in [0.25, 0.3) is 5.91 Å². The number of aromatic nitrogens is 2. The first-order valence-electron chi connectivity index (χ1n) is 12.4. The third kappa shape index (κ3) is 6.48. The highest BCUT2D eigenvalue weighted by Crippen LogP contribution is 2.28. The number of nitrogens with zero attached hydrogens (tertiary/aromatic N) is 2. The van der Waals surface area contributed by atoms with Crippen LogP contribution in [0.5, 0.6) is 0 Å². The van der Waals surface area contributed by atoms with E-state index in [4.69, 9.17) is 0 Å². The van der Waals surface area contributed by atoms with Gasteiger partial charge in [0.05, 0.1) is 27.0 Å². The molecule has 1 fully saturated rings. The zero-order chi connectivity index (χ0) is 24.8. The molecular weight excluding hydrogens is 460 g/mol. The van der Waals surface area contributed by atoms with Gasteiger partial charge in [-0.1, -0.05) is 6.92 Å². The summed E-state index contributed by atoms with van der Waals surface area (Å²) < 4.78 is 1.10. The summed E-state index contributed by atoms with van der Waals surface area (Å²) >= 11 is 1.59. The third-order valence-electron chi connectivity index (χ3n) is 6.18. The standard InChI is InChI=1S/C26H34N6O2S/c1-4-11-27-25(33)17-5-7-18(8-6-17)32-26(34)20-14-28-24(13-22(20)30-16(2)3)31-19-9-10-21-23(12-19)35-15-29-21/h9-10,12-18H,4-8,11H2,1-3H3,(H,27,33)(H,32,34)(H2,28,30,31). The normalized spacial score (nSPS) is 17.8. The highest BCUT2D eigenvalue weighted by atomic mass is 32.1. The van der Waals surface area contributed by atoms with E-state index in [-0.39, 0.29) is 29.8 Å². The fourth-order valence-corrected chi connectivity index (χ4v) is 5.09. The molecule has 9 heteroatoms. The Balaban J connectivity index is 1.41. The first kappa shape index (κ1) is 24.9. The molecule has 0 atom stereocenters. The summed E-state index contributed by atoms with van der Waals surface area (Å²) in [5, 5.41) is 12.9. The van der Waals surface area contributed by atoms with Crippen molar-refractivity contribution in [1.29, 1.82) is 0 Å². The van der Waals surface area contributed by atoms with Crippen LogP contribution < -0.4 is 21.3 Å². The van der Waals surface area contributed by atoms with Crippen molar-refractivity contribution < 1.29 is 9.59 Å². The number of nitrogens with one attached hydrogen (secondary N) is 4. The fraction of sp³-hybridized carbons (Fsp3) is 0.462. The molecule has 2 heterocycles. The quantitative estimate of drug-likeness (QED) is 0.331. The Morgan fingerprint density at radius 1 is 1.11 bits per heavy atom. The summed E-state index contributed by atoms with van der Waals surface area (Å²) in [6.07, 6.45) is 5.75. The lowest BCUT2D eigenvalue weighted by molar-refractivity contribution is -0.126. The largest absolute Gasteiger partial charge is 0.382 e. The maximum atomic E-state index is 13.2. The van der Waals surface area contributed by atoms with Crippen molar-refractivity contribution in [3.63, 3.8) is 0 Å². The molecule has 35 heavy (non-hydrogen) atoms. The van der Waals surface area contributed by atoms with Crippen LogP contribution in [0.2, 0.25) is 0 Å². The molecule has 0 saturated heterocycles. The third-order valence-corrected chi connectivity index (χ3v) is 6.97. The van der Waals surface area contributed by atoms with Crippen molar-refractivity contribution in [2.75, 3.05) is 17.2 Å². The SMILES string of the molecule is CCCNC(=O)C1CCC(NC(=O)c2cnc(Nc3ccc4ncsc4c3)cc2NC(C)C)CC1. The minimum absolute atomic E-state index is 0.0454. The lowest BCUT2D eigenvalue weighted by atomic mass is 9.85. The number of pyridine rings is 1. The number of carbonyl (C=O) groups is 2. The van der Waals surface area contributed by atoms with Crippen LogP contribution in [0.25, 0.3) is 10.2 Å². The minimum Gasteiger partial charge on any atom is -0.382 e. The van der Waals surface area contributed by atoms with Crippen molar-refractivity contribution in [2.45, 2.75) is 65.0 Å². The van der Waals surface area contributed by atoms with E-state index in [1.165, 1.54) is 0 Å². The summed E-state index contributed by atoms with van der Waals surface area (Å²) in [4.78, 5) is 34.2. The van der Waals surface area contributed by atoms with Crippen molar-refractivity contribution in [3.05, 3.63) is 41.5 Å². The van der Waals surface area contributed by atoms with Crippen LogP contribution >= 0.6 is 11.3 Å². The topological polar surface area (TPSA) is 108 Å². The fourth-order valence-electron chi connectivity index (χ4n) is 4.37. The Labute approximate surface area is 210 Å². The molecule has 186 valence electrons. The van der Waals surface area contributed by atoms with Gasteiger partial charge in [0.15, 0.2) is 0 Å². The van der Waals surface area contributed by atoms with Crippen LogP contribution in [-0.4, -0.2) is 40.4 Å². The predicted molar refractivity (Wildman–Crippen MR) is 142 cm³/mol. The van der Waals surface area contributed by atoms with Crippen LogP contribution in [0.3, 0.4) is 0 Å². The van der Waals surface area contributed by atoms with Crippen LogP contribution in [0.4, 0.5) is 17.2 Å². The molecule has 3 aromatic rings. The maximum absolute atomic E-state index is 13.2. The smallest absolute Gasteiger partial charge is 0.255 e. The molecule has 4 N–H and O–H groups in total. The summed E-state index contributed by atoms with van der Waals surface area (Å²) in [6, 6.07) is 8.09. The van der Waals surface area contributed by atoms with Gasteiger partial charge in [-0.25, -0.2) is 9.97 Å². The Bertz CT molecular complexity index is 1170. The minimum atomic E-state index is -0.142. The van der Waals surface area contributed by atoms with Crippen LogP contribution in [0, 0.1) is 5.92 Å². The van der Waals surface area contributed by atoms with Crippen LogP contribution in [-0.2, 0) is 4.79 Å². The average Bonchev–Trinajstić information content (AvgIpc) is 3.30. The number of fused-ring (bicyclic) bond motifs is 1. The molecule has 4 rings (SSSR count). The maximum Gasteiger partial charge on any atom is 0.255 e. The lowest BCUT2D eigenvalue weighted by Crippen LogP contribution is -2.41. The number of anilines is 3. The molecule has 0 spiro atoms.